The number of ketones is 1. The zero-order valence-corrected chi connectivity index (χ0v) is 14.9. The number of carbonyl (C=O) groups is 2. The molecular formula is C19H20F2N2O3. The Balaban J connectivity index is 1.90. The minimum absolute atomic E-state index is 0.0586. The molecule has 1 N–H and O–H groups in total. The van der Waals surface area contributed by atoms with Gasteiger partial charge in [0.1, 0.15) is 11.6 Å². The van der Waals surface area contributed by atoms with Crippen molar-refractivity contribution in [1.82, 2.24) is 4.98 Å². The maximum atomic E-state index is 14.3. The lowest BCUT2D eigenvalue weighted by Gasteiger charge is -2.31. The summed E-state index contributed by atoms with van der Waals surface area (Å²) in [6, 6.07) is 2.15. The SMILES string of the molecule is COC(=O)c1c(C)[nH]c(C(=O)CN2CCCc3cc(F)cc(F)c32)c1C. The van der Waals surface area contributed by atoms with E-state index in [2.05, 4.69) is 4.98 Å². The Labute approximate surface area is 150 Å². The molecule has 0 atom stereocenters. The molecule has 0 saturated carbocycles. The summed E-state index contributed by atoms with van der Waals surface area (Å²) in [5.41, 5.74) is 2.54. The average Bonchev–Trinajstić information content (AvgIpc) is 2.88. The van der Waals surface area contributed by atoms with Gasteiger partial charge in [-0.25, -0.2) is 13.6 Å². The molecule has 0 amide bonds. The van der Waals surface area contributed by atoms with Gasteiger partial charge in [0.2, 0.25) is 0 Å². The topological polar surface area (TPSA) is 62.4 Å². The van der Waals surface area contributed by atoms with Crippen LogP contribution in [0.5, 0.6) is 0 Å². The number of fused-ring (bicyclic) bond motifs is 1. The number of nitrogens with one attached hydrogen (secondary N) is 1. The summed E-state index contributed by atoms with van der Waals surface area (Å²) in [6.45, 7) is 3.80. The number of hydrogen-bond donors (Lipinski definition) is 1. The van der Waals surface area contributed by atoms with Gasteiger partial charge in [-0.05, 0) is 43.9 Å². The largest absolute Gasteiger partial charge is 0.465 e. The normalized spacial score (nSPS) is 13.5. The van der Waals surface area contributed by atoms with Crippen LogP contribution in [0.25, 0.3) is 0 Å². The lowest BCUT2D eigenvalue weighted by molar-refractivity contribution is 0.0599. The molecule has 1 aliphatic rings. The zero-order chi connectivity index (χ0) is 19.0. The van der Waals surface area contributed by atoms with Gasteiger partial charge >= 0.3 is 5.97 Å². The second kappa shape index (κ2) is 6.90. The van der Waals surface area contributed by atoms with E-state index in [1.807, 2.05) is 0 Å². The Morgan fingerprint density at radius 1 is 1.27 bits per heavy atom. The molecule has 0 bridgehead atoms. The van der Waals surface area contributed by atoms with Crippen LogP contribution in [0, 0.1) is 25.5 Å². The van der Waals surface area contributed by atoms with E-state index in [1.165, 1.54) is 13.2 Å². The number of ether oxygens (including phenoxy) is 1. The highest BCUT2D eigenvalue weighted by molar-refractivity contribution is 6.03. The first-order valence-electron chi connectivity index (χ1n) is 8.37. The molecule has 2 heterocycles. The lowest BCUT2D eigenvalue weighted by Crippen LogP contribution is -2.35. The van der Waals surface area contributed by atoms with Crippen LogP contribution >= 0.6 is 0 Å². The molecule has 2 aromatic rings. The number of Topliss-reactive ketones (excluding diaryl/α,β-unsaturated/α-hetero) is 1. The third kappa shape index (κ3) is 3.09. The first-order chi connectivity index (χ1) is 12.3. The van der Waals surface area contributed by atoms with E-state index in [-0.39, 0.29) is 18.0 Å². The van der Waals surface area contributed by atoms with Gasteiger partial charge in [-0.3, -0.25) is 4.79 Å². The van der Waals surface area contributed by atoms with Gasteiger partial charge in [-0.1, -0.05) is 0 Å². The smallest absolute Gasteiger partial charge is 0.339 e. The molecule has 7 heteroatoms. The molecule has 0 fully saturated rings. The summed E-state index contributed by atoms with van der Waals surface area (Å²) in [7, 11) is 1.28. The fraction of sp³-hybridized carbons (Fsp3) is 0.368. The summed E-state index contributed by atoms with van der Waals surface area (Å²) in [6.07, 6.45) is 1.28. The summed E-state index contributed by atoms with van der Waals surface area (Å²) in [5, 5.41) is 0. The van der Waals surface area contributed by atoms with Gasteiger partial charge in [-0.15, -0.1) is 0 Å². The van der Waals surface area contributed by atoms with Gasteiger partial charge in [-0.2, -0.15) is 0 Å². The fourth-order valence-electron chi connectivity index (χ4n) is 3.58. The number of carbonyl (C=O) groups excluding carboxylic acids is 2. The number of hydrogen-bond acceptors (Lipinski definition) is 4. The highest BCUT2D eigenvalue weighted by Crippen LogP contribution is 2.31. The number of benzene rings is 1. The van der Waals surface area contributed by atoms with Gasteiger partial charge in [0.05, 0.1) is 30.6 Å². The zero-order valence-electron chi connectivity index (χ0n) is 14.9. The number of rotatable bonds is 4. The van der Waals surface area contributed by atoms with Crippen molar-refractivity contribution in [2.75, 3.05) is 25.1 Å². The summed E-state index contributed by atoms with van der Waals surface area (Å²) in [5.74, 6) is -2.06. The van der Waals surface area contributed by atoms with Gasteiger partial charge < -0.3 is 14.6 Å². The number of methoxy groups -OCH3 is 1. The Kier molecular flexibility index (Phi) is 4.80. The molecule has 3 rings (SSSR count). The van der Waals surface area contributed by atoms with Crippen LogP contribution in [0.4, 0.5) is 14.5 Å². The predicted octanol–water partition coefficient (Wildman–Crippen LogP) is 3.33. The molecular weight excluding hydrogens is 342 g/mol. The molecule has 0 unspecified atom stereocenters. The maximum absolute atomic E-state index is 14.3. The predicted molar refractivity (Wildman–Crippen MR) is 92.8 cm³/mol. The van der Waals surface area contributed by atoms with Crippen molar-refractivity contribution in [2.24, 2.45) is 0 Å². The summed E-state index contributed by atoms with van der Waals surface area (Å²) in [4.78, 5) is 29.2. The number of H-pyrrole nitrogens is 1. The van der Waals surface area contributed by atoms with Crippen molar-refractivity contribution in [3.05, 3.63) is 51.8 Å². The Hall–Kier alpha value is -2.70. The number of esters is 1. The minimum atomic E-state index is -0.665. The van der Waals surface area contributed by atoms with Crippen LogP contribution in [-0.2, 0) is 11.2 Å². The Morgan fingerprint density at radius 2 is 2.00 bits per heavy atom. The number of anilines is 1. The van der Waals surface area contributed by atoms with E-state index >= 15 is 0 Å². The van der Waals surface area contributed by atoms with Crippen molar-refractivity contribution in [3.63, 3.8) is 0 Å². The van der Waals surface area contributed by atoms with Crippen LogP contribution < -0.4 is 4.90 Å². The van der Waals surface area contributed by atoms with Crippen molar-refractivity contribution < 1.29 is 23.1 Å². The van der Waals surface area contributed by atoms with Gasteiger partial charge in [0.15, 0.2) is 5.78 Å². The van der Waals surface area contributed by atoms with E-state index in [1.54, 1.807) is 18.7 Å². The molecule has 1 aromatic carbocycles. The monoisotopic (exact) mass is 362 g/mol. The van der Waals surface area contributed by atoms with Crippen LogP contribution in [0.3, 0.4) is 0 Å². The van der Waals surface area contributed by atoms with E-state index in [0.29, 0.717) is 47.5 Å². The van der Waals surface area contributed by atoms with Crippen LogP contribution in [0.1, 0.15) is 44.1 Å². The van der Waals surface area contributed by atoms with Crippen molar-refractivity contribution in [2.45, 2.75) is 26.7 Å². The fourth-order valence-corrected chi connectivity index (χ4v) is 3.58. The van der Waals surface area contributed by atoms with Crippen molar-refractivity contribution in [1.29, 1.82) is 0 Å². The van der Waals surface area contributed by atoms with E-state index < -0.39 is 17.6 Å². The van der Waals surface area contributed by atoms with Crippen molar-refractivity contribution in [3.8, 4) is 0 Å². The molecule has 26 heavy (non-hydrogen) atoms. The number of halogens is 2. The third-order valence-electron chi connectivity index (χ3n) is 4.74. The van der Waals surface area contributed by atoms with Crippen LogP contribution in [0.2, 0.25) is 0 Å². The Bertz CT molecular complexity index is 889. The number of aromatic amines is 1. The summed E-state index contributed by atoms with van der Waals surface area (Å²) < 4.78 is 32.5. The standard InChI is InChI=1S/C19H20F2N2O3/c1-10-16(19(25)26-3)11(2)22-17(10)15(24)9-23-6-4-5-12-7-13(20)8-14(21)18(12)23/h7-8,22H,4-6,9H2,1-3H3. The molecule has 5 nitrogen and oxygen atoms in total. The molecule has 0 spiro atoms. The van der Waals surface area contributed by atoms with E-state index in [4.69, 9.17) is 4.74 Å². The van der Waals surface area contributed by atoms with E-state index in [9.17, 15) is 18.4 Å². The summed E-state index contributed by atoms with van der Waals surface area (Å²) >= 11 is 0. The molecule has 0 aliphatic carbocycles. The van der Waals surface area contributed by atoms with Gasteiger partial charge in [0.25, 0.3) is 0 Å². The lowest BCUT2D eigenvalue weighted by atomic mass is 10.00. The maximum Gasteiger partial charge on any atom is 0.339 e. The molecule has 0 saturated heterocycles. The number of aryl methyl sites for hydroxylation is 2. The molecule has 1 aliphatic heterocycles. The van der Waals surface area contributed by atoms with Gasteiger partial charge in [0, 0.05) is 18.3 Å². The van der Waals surface area contributed by atoms with Crippen molar-refractivity contribution >= 4 is 17.4 Å². The highest BCUT2D eigenvalue weighted by Gasteiger charge is 2.27. The van der Waals surface area contributed by atoms with E-state index in [0.717, 1.165) is 6.07 Å². The second-order valence-electron chi connectivity index (χ2n) is 6.46. The second-order valence-corrected chi connectivity index (χ2v) is 6.46. The third-order valence-corrected chi connectivity index (χ3v) is 4.74. The molecule has 138 valence electrons. The van der Waals surface area contributed by atoms with Crippen LogP contribution in [0.15, 0.2) is 12.1 Å². The number of nitrogens with zero attached hydrogens (tertiary/aromatic N) is 1. The first kappa shape index (κ1) is 18.1. The molecule has 1 aromatic heterocycles. The first-order valence-corrected chi connectivity index (χ1v) is 8.37. The molecule has 0 radical (unpaired) electrons. The quantitative estimate of drug-likeness (QED) is 0.669. The Morgan fingerprint density at radius 3 is 2.69 bits per heavy atom. The average molecular weight is 362 g/mol. The highest BCUT2D eigenvalue weighted by atomic mass is 19.1. The number of aromatic nitrogens is 1. The van der Waals surface area contributed by atoms with Crippen LogP contribution in [-0.4, -0.2) is 36.9 Å². The minimum Gasteiger partial charge on any atom is -0.465 e.